The maximum Gasteiger partial charge on any atom is 0.251 e. The van der Waals surface area contributed by atoms with Crippen molar-refractivity contribution >= 4 is 22.8 Å². The molecule has 0 saturated carbocycles. The number of nitrogens with one attached hydrogen (secondary N) is 2. The van der Waals surface area contributed by atoms with E-state index in [-0.39, 0.29) is 11.8 Å². The van der Waals surface area contributed by atoms with Crippen molar-refractivity contribution in [2.75, 3.05) is 13.1 Å². The Morgan fingerprint density at radius 3 is 2.21 bits per heavy atom. The number of amides is 2. The normalized spacial score (nSPS) is 10.7. The molecule has 150 valence electrons. The minimum Gasteiger partial charge on any atom is -0.354 e. The molecular formula is C23H26N4O2. The molecule has 0 aliphatic heterocycles. The number of hydrogen-bond donors (Lipinski definition) is 2. The lowest BCUT2D eigenvalue weighted by atomic mass is 10.1. The molecule has 6 heteroatoms. The molecule has 2 N–H and O–H groups in total. The number of nitrogens with zero attached hydrogens (tertiary/aromatic N) is 2. The summed E-state index contributed by atoms with van der Waals surface area (Å²) in [5.74, 6) is -0.215. The van der Waals surface area contributed by atoms with E-state index in [9.17, 15) is 9.59 Å². The third-order valence-corrected chi connectivity index (χ3v) is 4.83. The summed E-state index contributed by atoms with van der Waals surface area (Å²) in [6, 6.07) is 13.5. The van der Waals surface area contributed by atoms with Crippen LogP contribution >= 0.6 is 0 Å². The molecule has 2 aromatic carbocycles. The summed E-state index contributed by atoms with van der Waals surface area (Å²) in [6.45, 7) is 6.61. The minimum absolute atomic E-state index is 0.0216. The number of aryl methyl sites for hydroxylation is 4. The van der Waals surface area contributed by atoms with E-state index < -0.39 is 0 Å². The van der Waals surface area contributed by atoms with Crippen LogP contribution in [0, 0.1) is 20.8 Å². The fourth-order valence-corrected chi connectivity index (χ4v) is 2.95. The molecular weight excluding hydrogens is 364 g/mol. The minimum atomic E-state index is -0.194. The molecule has 29 heavy (non-hydrogen) atoms. The number of benzene rings is 2. The Hall–Kier alpha value is -3.28. The Morgan fingerprint density at radius 2 is 1.48 bits per heavy atom. The molecule has 6 nitrogen and oxygen atoms in total. The first-order valence-electron chi connectivity index (χ1n) is 9.78. The van der Waals surface area contributed by atoms with E-state index in [0.29, 0.717) is 37.0 Å². The van der Waals surface area contributed by atoms with Crippen LogP contribution in [-0.4, -0.2) is 34.9 Å². The van der Waals surface area contributed by atoms with E-state index in [2.05, 4.69) is 20.6 Å². The predicted octanol–water partition coefficient (Wildman–Crippen LogP) is 3.03. The van der Waals surface area contributed by atoms with Crippen LogP contribution in [0.15, 0.2) is 42.5 Å². The number of carbonyl (C=O) groups is 2. The van der Waals surface area contributed by atoms with Gasteiger partial charge in [0.25, 0.3) is 5.91 Å². The molecule has 1 aromatic heterocycles. The highest BCUT2D eigenvalue weighted by molar-refractivity contribution is 5.97. The first-order valence-corrected chi connectivity index (χ1v) is 9.78. The monoisotopic (exact) mass is 390 g/mol. The van der Waals surface area contributed by atoms with Crippen LogP contribution in [-0.2, 0) is 11.2 Å². The molecule has 0 unspecified atom stereocenters. The third-order valence-electron chi connectivity index (χ3n) is 4.83. The van der Waals surface area contributed by atoms with Gasteiger partial charge in [0.15, 0.2) is 0 Å². The van der Waals surface area contributed by atoms with E-state index >= 15 is 0 Å². The zero-order valence-corrected chi connectivity index (χ0v) is 17.1. The van der Waals surface area contributed by atoms with Crippen LogP contribution in [0.4, 0.5) is 0 Å². The van der Waals surface area contributed by atoms with Crippen molar-refractivity contribution in [1.29, 1.82) is 0 Å². The van der Waals surface area contributed by atoms with Crippen LogP contribution in [0.1, 0.15) is 39.3 Å². The SMILES string of the molecule is Cc1ccc(CCC(=O)NCCNC(=O)c2ccc3nc(C)c(C)nc3c2)cc1. The first-order chi connectivity index (χ1) is 13.9. The van der Waals surface area contributed by atoms with Crippen LogP contribution in [0.5, 0.6) is 0 Å². The van der Waals surface area contributed by atoms with Gasteiger partial charge in [-0.3, -0.25) is 9.59 Å². The Kier molecular flexibility index (Phi) is 6.54. The Balaban J connectivity index is 1.43. The van der Waals surface area contributed by atoms with Crippen molar-refractivity contribution in [1.82, 2.24) is 20.6 Å². The summed E-state index contributed by atoms with van der Waals surface area (Å²) < 4.78 is 0. The second-order valence-electron chi connectivity index (χ2n) is 7.19. The van der Waals surface area contributed by atoms with Crippen molar-refractivity contribution in [2.24, 2.45) is 0 Å². The fourth-order valence-electron chi connectivity index (χ4n) is 2.95. The zero-order valence-electron chi connectivity index (χ0n) is 17.1. The number of rotatable bonds is 7. The van der Waals surface area contributed by atoms with E-state index in [1.165, 1.54) is 5.56 Å². The molecule has 0 aliphatic carbocycles. The highest BCUT2D eigenvalue weighted by Gasteiger charge is 2.09. The Morgan fingerprint density at radius 1 is 0.828 bits per heavy atom. The van der Waals surface area contributed by atoms with Crippen molar-refractivity contribution in [3.63, 3.8) is 0 Å². The average molecular weight is 390 g/mol. The third kappa shape index (κ3) is 5.60. The topological polar surface area (TPSA) is 84.0 Å². The number of hydrogen-bond acceptors (Lipinski definition) is 4. The van der Waals surface area contributed by atoms with Crippen molar-refractivity contribution in [3.05, 3.63) is 70.5 Å². The highest BCUT2D eigenvalue weighted by Crippen LogP contribution is 2.14. The fraction of sp³-hybridized carbons (Fsp3) is 0.304. The van der Waals surface area contributed by atoms with Gasteiger partial charge in [-0.05, 0) is 51.0 Å². The van der Waals surface area contributed by atoms with Crippen molar-refractivity contribution < 1.29 is 9.59 Å². The Bertz CT molecular complexity index is 1030. The molecule has 3 aromatic rings. The first kappa shape index (κ1) is 20.5. The summed E-state index contributed by atoms with van der Waals surface area (Å²) in [4.78, 5) is 33.3. The lowest BCUT2D eigenvalue weighted by Gasteiger charge is -2.08. The molecule has 0 spiro atoms. The maximum absolute atomic E-state index is 12.4. The van der Waals surface area contributed by atoms with Gasteiger partial charge < -0.3 is 10.6 Å². The lowest BCUT2D eigenvalue weighted by molar-refractivity contribution is -0.121. The smallest absolute Gasteiger partial charge is 0.251 e. The second-order valence-corrected chi connectivity index (χ2v) is 7.19. The number of carbonyl (C=O) groups excluding carboxylic acids is 2. The summed E-state index contributed by atoms with van der Waals surface area (Å²) in [5, 5.41) is 5.66. The van der Waals surface area contributed by atoms with Gasteiger partial charge in [-0.25, -0.2) is 9.97 Å². The van der Waals surface area contributed by atoms with Gasteiger partial charge in [-0.2, -0.15) is 0 Å². The summed E-state index contributed by atoms with van der Waals surface area (Å²) in [6.07, 6.45) is 1.13. The summed E-state index contributed by atoms with van der Waals surface area (Å²) in [7, 11) is 0. The summed E-state index contributed by atoms with van der Waals surface area (Å²) in [5.41, 5.74) is 6.08. The average Bonchev–Trinajstić information content (AvgIpc) is 2.71. The molecule has 2 amide bonds. The highest BCUT2D eigenvalue weighted by atomic mass is 16.2. The molecule has 1 heterocycles. The molecule has 0 saturated heterocycles. The van der Waals surface area contributed by atoms with E-state index in [4.69, 9.17) is 0 Å². The van der Waals surface area contributed by atoms with Gasteiger partial charge in [0.1, 0.15) is 0 Å². The van der Waals surface area contributed by atoms with E-state index in [1.807, 2.05) is 45.0 Å². The quantitative estimate of drug-likeness (QED) is 0.608. The van der Waals surface area contributed by atoms with Gasteiger partial charge in [0.2, 0.25) is 5.91 Å². The van der Waals surface area contributed by atoms with Gasteiger partial charge in [-0.15, -0.1) is 0 Å². The van der Waals surface area contributed by atoms with E-state index in [1.54, 1.807) is 18.2 Å². The lowest BCUT2D eigenvalue weighted by Crippen LogP contribution is -2.34. The largest absolute Gasteiger partial charge is 0.354 e. The van der Waals surface area contributed by atoms with Crippen molar-refractivity contribution in [3.8, 4) is 0 Å². The van der Waals surface area contributed by atoms with Gasteiger partial charge in [0.05, 0.1) is 22.4 Å². The molecule has 3 rings (SSSR count). The van der Waals surface area contributed by atoms with Crippen LogP contribution in [0.25, 0.3) is 11.0 Å². The van der Waals surface area contributed by atoms with Gasteiger partial charge in [0, 0.05) is 25.1 Å². The maximum atomic E-state index is 12.4. The zero-order chi connectivity index (χ0) is 20.8. The van der Waals surface area contributed by atoms with Crippen LogP contribution in [0.3, 0.4) is 0 Å². The standard InChI is InChI=1S/C23H26N4O2/c1-15-4-6-18(7-5-15)8-11-22(28)24-12-13-25-23(29)19-9-10-20-21(14-19)27-17(3)16(2)26-20/h4-7,9-10,14H,8,11-13H2,1-3H3,(H,24,28)(H,25,29). The van der Waals surface area contributed by atoms with Crippen LogP contribution in [0.2, 0.25) is 0 Å². The summed E-state index contributed by atoms with van der Waals surface area (Å²) >= 11 is 0. The van der Waals surface area contributed by atoms with Crippen LogP contribution < -0.4 is 10.6 Å². The number of aromatic nitrogens is 2. The molecule has 0 fully saturated rings. The molecule has 0 radical (unpaired) electrons. The molecule has 0 aliphatic rings. The predicted molar refractivity (Wildman–Crippen MR) is 114 cm³/mol. The molecule has 0 atom stereocenters. The van der Waals surface area contributed by atoms with Gasteiger partial charge >= 0.3 is 0 Å². The Labute approximate surface area is 170 Å². The van der Waals surface area contributed by atoms with E-state index in [0.717, 1.165) is 22.5 Å². The van der Waals surface area contributed by atoms with Gasteiger partial charge in [-0.1, -0.05) is 29.8 Å². The number of fused-ring (bicyclic) bond motifs is 1. The molecule has 0 bridgehead atoms. The van der Waals surface area contributed by atoms with Crippen molar-refractivity contribution in [2.45, 2.75) is 33.6 Å². The second kappa shape index (κ2) is 9.28.